The summed E-state index contributed by atoms with van der Waals surface area (Å²) in [5, 5.41) is 11.0. The van der Waals surface area contributed by atoms with Crippen LogP contribution in [-0.2, 0) is 16.0 Å². The Morgan fingerprint density at radius 3 is 2.44 bits per heavy atom. The van der Waals surface area contributed by atoms with E-state index in [9.17, 15) is 9.59 Å². The molecule has 1 aromatic rings. The molecular weight excluding hydrogens is 274 g/mol. The highest BCUT2D eigenvalue weighted by molar-refractivity contribution is 9.10. The molecule has 16 heavy (non-hydrogen) atoms. The van der Waals surface area contributed by atoms with E-state index in [0.29, 0.717) is 0 Å². The van der Waals surface area contributed by atoms with Crippen LogP contribution in [0.3, 0.4) is 0 Å². The molecule has 0 bridgehead atoms. The van der Waals surface area contributed by atoms with Crippen LogP contribution in [0.4, 0.5) is 0 Å². The molecule has 1 atom stereocenters. The van der Waals surface area contributed by atoms with Gasteiger partial charge in [0, 0.05) is 4.47 Å². The van der Waals surface area contributed by atoms with Crippen LogP contribution in [0.5, 0.6) is 0 Å². The Hall–Kier alpha value is -1.36. The number of aliphatic carboxylic acids is 1. The fourth-order valence-electron chi connectivity index (χ4n) is 1.14. The number of rotatable bonds is 4. The van der Waals surface area contributed by atoms with E-state index in [1.165, 1.54) is 6.92 Å². The SMILES string of the molecule is C[C@@H](NC(=O)Cc1ccc(Br)cc1)C(=O)O. The fraction of sp³-hybridized carbons (Fsp3) is 0.273. The maximum absolute atomic E-state index is 11.4. The van der Waals surface area contributed by atoms with E-state index in [2.05, 4.69) is 21.2 Å². The van der Waals surface area contributed by atoms with Crippen molar-refractivity contribution in [1.29, 1.82) is 0 Å². The molecule has 86 valence electrons. The highest BCUT2D eigenvalue weighted by Crippen LogP contribution is 2.10. The van der Waals surface area contributed by atoms with Gasteiger partial charge in [0.15, 0.2) is 0 Å². The lowest BCUT2D eigenvalue weighted by Gasteiger charge is -2.09. The molecule has 0 saturated carbocycles. The van der Waals surface area contributed by atoms with Crippen molar-refractivity contribution in [3.05, 3.63) is 34.3 Å². The molecule has 1 rings (SSSR count). The van der Waals surface area contributed by atoms with E-state index in [4.69, 9.17) is 5.11 Å². The second-order valence-corrected chi connectivity index (χ2v) is 4.35. The molecule has 0 aliphatic rings. The monoisotopic (exact) mass is 285 g/mol. The molecular formula is C11H12BrNO3. The summed E-state index contributed by atoms with van der Waals surface area (Å²) in [6.07, 6.45) is 0.185. The topological polar surface area (TPSA) is 66.4 Å². The number of halogens is 1. The van der Waals surface area contributed by atoms with E-state index >= 15 is 0 Å². The third-order valence-corrected chi connectivity index (χ3v) is 2.55. The molecule has 2 N–H and O–H groups in total. The minimum Gasteiger partial charge on any atom is -0.480 e. The summed E-state index contributed by atoms with van der Waals surface area (Å²) in [5.74, 6) is -1.33. The summed E-state index contributed by atoms with van der Waals surface area (Å²) >= 11 is 3.29. The molecule has 0 radical (unpaired) electrons. The number of carbonyl (C=O) groups is 2. The first kappa shape index (κ1) is 12.7. The number of benzene rings is 1. The van der Waals surface area contributed by atoms with Crippen LogP contribution in [0.25, 0.3) is 0 Å². The normalized spacial score (nSPS) is 11.9. The quantitative estimate of drug-likeness (QED) is 0.883. The molecule has 4 nitrogen and oxygen atoms in total. The van der Waals surface area contributed by atoms with Crippen LogP contribution in [0.2, 0.25) is 0 Å². The Balaban J connectivity index is 2.52. The van der Waals surface area contributed by atoms with Gasteiger partial charge in [-0.25, -0.2) is 0 Å². The van der Waals surface area contributed by atoms with Gasteiger partial charge in [-0.05, 0) is 24.6 Å². The van der Waals surface area contributed by atoms with Crippen molar-refractivity contribution < 1.29 is 14.7 Å². The van der Waals surface area contributed by atoms with Crippen LogP contribution in [0.15, 0.2) is 28.7 Å². The van der Waals surface area contributed by atoms with Crippen molar-refractivity contribution in [3.8, 4) is 0 Å². The summed E-state index contributed by atoms with van der Waals surface area (Å²) in [7, 11) is 0. The third-order valence-electron chi connectivity index (χ3n) is 2.03. The molecule has 5 heteroatoms. The molecule has 0 fully saturated rings. The number of nitrogens with one attached hydrogen (secondary N) is 1. The van der Waals surface area contributed by atoms with Crippen LogP contribution in [0, 0.1) is 0 Å². The second kappa shape index (κ2) is 5.65. The number of hydrogen-bond acceptors (Lipinski definition) is 2. The van der Waals surface area contributed by atoms with Gasteiger partial charge in [0.25, 0.3) is 0 Å². The van der Waals surface area contributed by atoms with Crippen molar-refractivity contribution in [2.45, 2.75) is 19.4 Å². The maximum Gasteiger partial charge on any atom is 0.325 e. The zero-order valence-electron chi connectivity index (χ0n) is 8.74. The van der Waals surface area contributed by atoms with Crippen molar-refractivity contribution >= 4 is 27.8 Å². The van der Waals surface area contributed by atoms with Crippen LogP contribution >= 0.6 is 15.9 Å². The van der Waals surface area contributed by atoms with Crippen molar-refractivity contribution in [3.63, 3.8) is 0 Å². The van der Waals surface area contributed by atoms with Gasteiger partial charge in [-0.3, -0.25) is 9.59 Å². The lowest BCUT2D eigenvalue weighted by atomic mass is 10.1. The minimum atomic E-state index is -1.04. The van der Waals surface area contributed by atoms with Crippen molar-refractivity contribution in [2.24, 2.45) is 0 Å². The van der Waals surface area contributed by atoms with Crippen molar-refractivity contribution in [1.82, 2.24) is 5.32 Å². The van der Waals surface area contributed by atoms with E-state index < -0.39 is 12.0 Å². The summed E-state index contributed by atoms with van der Waals surface area (Å²) in [6, 6.07) is 6.44. The van der Waals surface area contributed by atoms with Gasteiger partial charge >= 0.3 is 5.97 Å². The molecule has 0 aliphatic heterocycles. The summed E-state index contributed by atoms with van der Waals surface area (Å²) in [6.45, 7) is 1.43. The fourth-order valence-corrected chi connectivity index (χ4v) is 1.41. The van der Waals surface area contributed by atoms with Crippen LogP contribution < -0.4 is 5.32 Å². The highest BCUT2D eigenvalue weighted by atomic mass is 79.9. The van der Waals surface area contributed by atoms with E-state index in [0.717, 1.165) is 10.0 Å². The zero-order valence-corrected chi connectivity index (χ0v) is 10.3. The van der Waals surface area contributed by atoms with Crippen LogP contribution in [0.1, 0.15) is 12.5 Å². The van der Waals surface area contributed by atoms with Gasteiger partial charge in [0.1, 0.15) is 6.04 Å². The molecule has 0 spiro atoms. The summed E-state index contributed by atoms with van der Waals surface area (Å²) in [4.78, 5) is 21.9. The summed E-state index contributed by atoms with van der Waals surface area (Å²) < 4.78 is 0.940. The Morgan fingerprint density at radius 1 is 1.38 bits per heavy atom. The lowest BCUT2D eigenvalue weighted by Crippen LogP contribution is -2.39. The Morgan fingerprint density at radius 2 is 1.94 bits per heavy atom. The molecule has 0 saturated heterocycles. The Labute approximate surface area is 102 Å². The first-order chi connectivity index (χ1) is 7.49. The molecule has 0 heterocycles. The average Bonchev–Trinajstić information content (AvgIpc) is 2.21. The van der Waals surface area contributed by atoms with E-state index in [-0.39, 0.29) is 12.3 Å². The average molecular weight is 286 g/mol. The largest absolute Gasteiger partial charge is 0.480 e. The third kappa shape index (κ3) is 4.02. The van der Waals surface area contributed by atoms with Gasteiger partial charge in [-0.15, -0.1) is 0 Å². The lowest BCUT2D eigenvalue weighted by molar-refractivity contribution is -0.141. The number of hydrogen-bond donors (Lipinski definition) is 2. The molecule has 0 unspecified atom stereocenters. The van der Waals surface area contributed by atoms with Gasteiger partial charge < -0.3 is 10.4 Å². The Bertz CT molecular complexity index is 389. The van der Waals surface area contributed by atoms with Gasteiger partial charge in [-0.2, -0.15) is 0 Å². The Kier molecular flexibility index (Phi) is 4.49. The molecule has 0 aromatic heterocycles. The smallest absolute Gasteiger partial charge is 0.325 e. The summed E-state index contributed by atoms with van der Waals surface area (Å²) in [5.41, 5.74) is 0.846. The van der Waals surface area contributed by atoms with Gasteiger partial charge in [0.05, 0.1) is 6.42 Å². The van der Waals surface area contributed by atoms with Crippen LogP contribution in [-0.4, -0.2) is 23.0 Å². The van der Waals surface area contributed by atoms with E-state index in [1.807, 2.05) is 24.3 Å². The second-order valence-electron chi connectivity index (χ2n) is 3.43. The zero-order chi connectivity index (χ0) is 12.1. The minimum absolute atomic E-state index is 0.185. The predicted octanol–water partition coefficient (Wildman–Crippen LogP) is 1.58. The van der Waals surface area contributed by atoms with E-state index in [1.54, 1.807) is 0 Å². The first-order valence-corrected chi connectivity index (χ1v) is 5.55. The predicted molar refractivity (Wildman–Crippen MR) is 63.1 cm³/mol. The maximum atomic E-state index is 11.4. The standard InChI is InChI=1S/C11H12BrNO3/c1-7(11(15)16)13-10(14)6-8-2-4-9(12)5-3-8/h2-5,7H,6H2,1H3,(H,13,14)(H,15,16)/t7-/m1/s1. The molecule has 1 aromatic carbocycles. The number of carboxylic acid groups (broad SMARTS) is 1. The van der Waals surface area contributed by atoms with Gasteiger partial charge in [0.2, 0.25) is 5.91 Å². The molecule has 1 amide bonds. The highest BCUT2D eigenvalue weighted by Gasteiger charge is 2.13. The van der Waals surface area contributed by atoms with Crippen molar-refractivity contribution in [2.75, 3.05) is 0 Å². The number of amides is 1. The number of carbonyl (C=O) groups excluding carboxylic acids is 1. The first-order valence-electron chi connectivity index (χ1n) is 4.75. The number of carboxylic acids is 1. The van der Waals surface area contributed by atoms with Gasteiger partial charge in [-0.1, -0.05) is 28.1 Å². The molecule has 0 aliphatic carbocycles.